The van der Waals surface area contributed by atoms with Gasteiger partial charge in [0.25, 0.3) is 0 Å². The Kier molecular flexibility index (Phi) is 4.04. The van der Waals surface area contributed by atoms with E-state index in [0.29, 0.717) is 13.1 Å². The molecule has 1 heterocycles. The molecular formula is C10H15BrN2O. The minimum atomic E-state index is -0.679. The van der Waals surface area contributed by atoms with E-state index < -0.39 is 5.60 Å². The highest BCUT2D eigenvalue weighted by Gasteiger charge is 2.11. The minimum Gasteiger partial charge on any atom is -0.389 e. The van der Waals surface area contributed by atoms with E-state index >= 15 is 0 Å². The van der Waals surface area contributed by atoms with Crippen LogP contribution in [0.1, 0.15) is 19.5 Å². The highest BCUT2D eigenvalue weighted by molar-refractivity contribution is 9.10. The van der Waals surface area contributed by atoms with Gasteiger partial charge in [-0.15, -0.1) is 0 Å². The summed E-state index contributed by atoms with van der Waals surface area (Å²) >= 11 is 3.41. The van der Waals surface area contributed by atoms with E-state index in [1.165, 1.54) is 0 Å². The number of rotatable bonds is 4. The van der Waals surface area contributed by atoms with Crippen LogP contribution in [0.15, 0.2) is 22.8 Å². The summed E-state index contributed by atoms with van der Waals surface area (Å²) in [6.07, 6.45) is 1.76. The lowest BCUT2D eigenvalue weighted by Crippen LogP contribution is -2.34. The van der Waals surface area contributed by atoms with Crippen molar-refractivity contribution < 1.29 is 5.11 Å². The molecular weight excluding hydrogens is 244 g/mol. The van der Waals surface area contributed by atoms with Crippen molar-refractivity contribution in [3.63, 3.8) is 0 Å². The average Bonchev–Trinajstić information content (AvgIpc) is 2.06. The second-order valence-electron chi connectivity index (χ2n) is 3.85. The van der Waals surface area contributed by atoms with E-state index in [9.17, 15) is 5.11 Å². The Labute approximate surface area is 92.7 Å². The van der Waals surface area contributed by atoms with Crippen molar-refractivity contribution in [3.8, 4) is 0 Å². The van der Waals surface area contributed by atoms with E-state index in [0.717, 1.165) is 10.2 Å². The molecule has 0 aromatic carbocycles. The summed E-state index contributed by atoms with van der Waals surface area (Å²) in [6.45, 7) is 4.75. The molecule has 0 saturated heterocycles. The fourth-order valence-corrected chi connectivity index (χ4v) is 1.43. The number of hydrogen-bond acceptors (Lipinski definition) is 3. The van der Waals surface area contributed by atoms with Crippen LogP contribution in [0.5, 0.6) is 0 Å². The van der Waals surface area contributed by atoms with Gasteiger partial charge >= 0.3 is 0 Å². The third-order valence-corrected chi connectivity index (χ3v) is 2.41. The largest absolute Gasteiger partial charge is 0.389 e. The zero-order chi connectivity index (χ0) is 10.6. The van der Waals surface area contributed by atoms with Crippen LogP contribution in [0.4, 0.5) is 0 Å². The van der Waals surface area contributed by atoms with E-state index in [2.05, 4.69) is 26.2 Å². The van der Waals surface area contributed by atoms with Crippen LogP contribution < -0.4 is 5.32 Å². The topological polar surface area (TPSA) is 45.1 Å². The second kappa shape index (κ2) is 4.87. The van der Waals surface area contributed by atoms with Crippen LogP contribution in [0.2, 0.25) is 0 Å². The van der Waals surface area contributed by atoms with Crippen molar-refractivity contribution in [2.75, 3.05) is 6.54 Å². The van der Waals surface area contributed by atoms with E-state index in [1.54, 1.807) is 20.0 Å². The van der Waals surface area contributed by atoms with Gasteiger partial charge in [-0.05, 0) is 41.9 Å². The average molecular weight is 259 g/mol. The van der Waals surface area contributed by atoms with E-state index in [-0.39, 0.29) is 0 Å². The van der Waals surface area contributed by atoms with Gasteiger partial charge in [-0.3, -0.25) is 4.98 Å². The fraction of sp³-hybridized carbons (Fsp3) is 0.500. The van der Waals surface area contributed by atoms with Crippen molar-refractivity contribution in [2.45, 2.75) is 26.0 Å². The van der Waals surface area contributed by atoms with Crippen LogP contribution >= 0.6 is 15.9 Å². The molecule has 0 bridgehead atoms. The van der Waals surface area contributed by atoms with Gasteiger partial charge in [-0.2, -0.15) is 0 Å². The summed E-state index contributed by atoms with van der Waals surface area (Å²) in [5, 5.41) is 12.6. The van der Waals surface area contributed by atoms with Crippen molar-refractivity contribution in [1.82, 2.24) is 10.3 Å². The quantitative estimate of drug-likeness (QED) is 0.865. The lowest BCUT2D eigenvalue weighted by molar-refractivity contribution is 0.0794. The molecule has 0 fully saturated rings. The number of pyridine rings is 1. The van der Waals surface area contributed by atoms with Crippen molar-refractivity contribution in [1.29, 1.82) is 0 Å². The molecule has 0 radical (unpaired) electrons. The molecule has 1 aromatic rings. The van der Waals surface area contributed by atoms with Crippen LogP contribution in [0.25, 0.3) is 0 Å². The Bertz CT molecular complexity index is 296. The van der Waals surface area contributed by atoms with E-state index in [4.69, 9.17) is 0 Å². The number of aliphatic hydroxyl groups is 1. The van der Waals surface area contributed by atoms with Gasteiger partial charge in [-0.25, -0.2) is 0 Å². The molecule has 0 atom stereocenters. The van der Waals surface area contributed by atoms with Gasteiger partial charge < -0.3 is 10.4 Å². The van der Waals surface area contributed by atoms with Gasteiger partial charge in [0.15, 0.2) is 0 Å². The zero-order valence-electron chi connectivity index (χ0n) is 8.42. The lowest BCUT2D eigenvalue weighted by Gasteiger charge is -2.17. The molecule has 0 spiro atoms. The molecule has 78 valence electrons. The molecule has 0 aliphatic carbocycles. The highest BCUT2D eigenvalue weighted by atomic mass is 79.9. The van der Waals surface area contributed by atoms with Crippen molar-refractivity contribution in [2.24, 2.45) is 0 Å². The van der Waals surface area contributed by atoms with Gasteiger partial charge in [0.2, 0.25) is 0 Å². The summed E-state index contributed by atoms with van der Waals surface area (Å²) in [7, 11) is 0. The van der Waals surface area contributed by atoms with Crippen LogP contribution in [-0.2, 0) is 6.54 Å². The lowest BCUT2D eigenvalue weighted by atomic mass is 10.1. The van der Waals surface area contributed by atoms with Gasteiger partial charge in [0, 0.05) is 23.8 Å². The standard InChI is InChI=1S/C10H15BrN2O/c1-10(2,14)7-12-6-9-8(11)4-3-5-13-9/h3-5,12,14H,6-7H2,1-2H3. The van der Waals surface area contributed by atoms with Crippen LogP contribution in [0.3, 0.4) is 0 Å². The summed E-state index contributed by atoms with van der Waals surface area (Å²) in [5.41, 5.74) is 0.276. The van der Waals surface area contributed by atoms with Gasteiger partial charge in [0.1, 0.15) is 0 Å². The molecule has 0 unspecified atom stereocenters. The fourth-order valence-electron chi connectivity index (χ4n) is 1.04. The molecule has 0 aliphatic rings. The second-order valence-corrected chi connectivity index (χ2v) is 4.70. The summed E-state index contributed by atoms with van der Waals surface area (Å²) in [5.74, 6) is 0. The summed E-state index contributed by atoms with van der Waals surface area (Å²) in [6, 6.07) is 3.83. The summed E-state index contributed by atoms with van der Waals surface area (Å²) in [4.78, 5) is 4.21. The third-order valence-electron chi connectivity index (χ3n) is 1.68. The van der Waals surface area contributed by atoms with Crippen LogP contribution in [-0.4, -0.2) is 22.2 Å². The first-order valence-electron chi connectivity index (χ1n) is 4.51. The molecule has 4 heteroatoms. The Morgan fingerprint density at radius 3 is 2.86 bits per heavy atom. The maximum atomic E-state index is 9.47. The normalized spacial score (nSPS) is 11.7. The number of hydrogen-bond donors (Lipinski definition) is 2. The maximum absolute atomic E-state index is 9.47. The molecule has 1 rings (SSSR count). The number of nitrogens with one attached hydrogen (secondary N) is 1. The Balaban J connectivity index is 2.43. The number of aromatic nitrogens is 1. The molecule has 2 N–H and O–H groups in total. The van der Waals surface area contributed by atoms with Crippen molar-refractivity contribution >= 4 is 15.9 Å². The minimum absolute atomic E-state index is 0.552. The first-order chi connectivity index (χ1) is 6.49. The number of halogens is 1. The first kappa shape index (κ1) is 11.6. The van der Waals surface area contributed by atoms with Gasteiger partial charge in [0.05, 0.1) is 11.3 Å². The predicted molar refractivity (Wildman–Crippen MR) is 59.9 cm³/mol. The molecule has 3 nitrogen and oxygen atoms in total. The van der Waals surface area contributed by atoms with Gasteiger partial charge in [-0.1, -0.05) is 0 Å². The van der Waals surface area contributed by atoms with Crippen LogP contribution in [0, 0.1) is 0 Å². The Morgan fingerprint density at radius 1 is 1.57 bits per heavy atom. The molecule has 0 aliphatic heterocycles. The number of nitrogens with zero attached hydrogens (tertiary/aromatic N) is 1. The van der Waals surface area contributed by atoms with Crippen molar-refractivity contribution in [3.05, 3.63) is 28.5 Å². The zero-order valence-corrected chi connectivity index (χ0v) is 10.0. The maximum Gasteiger partial charge on any atom is 0.0715 e. The molecule has 0 saturated carbocycles. The molecule has 14 heavy (non-hydrogen) atoms. The molecule has 1 aromatic heterocycles. The third kappa shape index (κ3) is 4.17. The first-order valence-corrected chi connectivity index (χ1v) is 5.31. The highest BCUT2D eigenvalue weighted by Crippen LogP contribution is 2.12. The Morgan fingerprint density at radius 2 is 2.29 bits per heavy atom. The summed E-state index contributed by atoms with van der Waals surface area (Å²) < 4.78 is 0.989. The smallest absolute Gasteiger partial charge is 0.0715 e. The predicted octanol–water partition coefficient (Wildman–Crippen LogP) is 1.70. The molecule has 0 amide bonds. The van der Waals surface area contributed by atoms with E-state index in [1.807, 2.05) is 12.1 Å². The monoisotopic (exact) mass is 258 g/mol. The Hall–Kier alpha value is -0.450. The SMILES string of the molecule is CC(C)(O)CNCc1ncccc1Br.